The van der Waals surface area contributed by atoms with Crippen molar-refractivity contribution < 1.29 is 14.3 Å². The fourth-order valence-corrected chi connectivity index (χ4v) is 7.98. The van der Waals surface area contributed by atoms with E-state index in [1.54, 1.807) is 6.92 Å². The van der Waals surface area contributed by atoms with Gasteiger partial charge in [0.25, 0.3) is 0 Å². The molecule has 7 atom stereocenters. The van der Waals surface area contributed by atoms with Crippen LogP contribution in [0.3, 0.4) is 0 Å². The van der Waals surface area contributed by atoms with E-state index in [4.69, 9.17) is 4.74 Å². The maximum atomic E-state index is 12.4. The van der Waals surface area contributed by atoms with Crippen molar-refractivity contribution in [3.8, 4) is 0 Å². The summed E-state index contributed by atoms with van der Waals surface area (Å²) in [5.74, 6) is 2.87. The highest BCUT2D eigenvalue weighted by Gasteiger charge is 2.60. The molecule has 0 spiro atoms. The Labute approximate surface area is 158 Å². The molecule has 0 aliphatic heterocycles. The molecule has 3 nitrogen and oxygen atoms in total. The summed E-state index contributed by atoms with van der Waals surface area (Å²) in [6, 6.07) is 0. The Bertz CT molecular complexity index is 613. The number of carbonyl (C=O) groups excluding carboxylic acids is 2. The van der Waals surface area contributed by atoms with Crippen molar-refractivity contribution >= 4 is 11.8 Å². The number of hydrogen-bond donors (Lipinski definition) is 0. The first-order chi connectivity index (χ1) is 12.2. The van der Waals surface area contributed by atoms with Gasteiger partial charge in [-0.3, -0.25) is 9.59 Å². The van der Waals surface area contributed by atoms with Crippen molar-refractivity contribution in [2.75, 3.05) is 0 Å². The molecule has 4 aliphatic carbocycles. The Kier molecular flexibility index (Phi) is 4.32. The van der Waals surface area contributed by atoms with Crippen LogP contribution in [-0.4, -0.2) is 17.4 Å². The van der Waals surface area contributed by atoms with Gasteiger partial charge in [0.1, 0.15) is 0 Å². The number of ether oxygens (including phenoxy) is 1. The van der Waals surface area contributed by atoms with E-state index in [1.165, 1.54) is 51.9 Å². The zero-order chi connectivity index (χ0) is 18.7. The second-order valence-electron chi connectivity index (χ2n) is 10.6. The van der Waals surface area contributed by atoms with Gasteiger partial charge in [-0.05, 0) is 99.2 Å². The molecule has 4 rings (SSSR count). The molecule has 0 saturated heterocycles. The molecule has 0 aromatic heterocycles. The van der Waals surface area contributed by atoms with Crippen molar-refractivity contribution in [3.63, 3.8) is 0 Å². The summed E-state index contributed by atoms with van der Waals surface area (Å²) in [6.07, 6.45) is 12.1. The van der Waals surface area contributed by atoms with Gasteiger partial charge in [0.2, 0.25) is 0 Å². The third kappa shape index (κ3) is 2.59. The van der Waals surface area contributed by atoms with Crippen molar-refractivity contribution in [2.45, 2.75) is 97.5 Å². The molecule has 0 aromatic rings. The summed E-state index contributed by atoms with van der Waals surface area (Å²) in [5, 5.41) is 0. The van der Waals surface area contributed by atoms with Crippen molar-refractivity contribution in [1.82, 2.24) is 0 Å². The normalized spacial score (nSPS) is 50.3. The maximum absolute atomic E-state index is 12.4. The predicted octanol–water partition coefficient (Wildman–Crippen LogP) is 5.31. The number of hydrogen-bond acceptors (Lipinski definition) is 3. The number of esters is 1. The summed E-state index contributed by atoms with van der Waals surface area (Å²) in [4.78, 5) is 24.1. The number of rotatable bonds is 2. The molecule has 0 N–H and O–H groups in total. The zero-order valence-corrected chi connectivity index (χ0v) is 17.1. The first kappa shape index (κ1) is 18.5. The molecule has 26 heavy (non-hydrogen) atoms. The van der Waals surface area contributed by atoms with Gasteiger partial charge in [0, 0.05) is 6.92 Å². The second kappa shape index (κ2) is 6.07. The van der Waals surface area contributed by atoms with Crippen LogP contribution in [0.5, 0.6) is 0 Å². The monoisotopic (exact) mass is 360 g/mol. The average molecular weight is 361 g/mol. The molecule has 4 aliphatic rings. The minimum absolute atomic E-state index is 0.0453. The molecule has 4 saturated carbocycles. The molecule has 0 bridgehead atoms. The van der Waals surface area contributed by atoms with E-state index >= 15 is 0 Å². The average Bonchev–Trinajstić information content (AvgIpc) is 2.96. The number of ketones is 1. The third-order valence-electron chi connectivity index (χ3n) is 9.47. The maximum Gasteiger partial charge on any atom is 0.303 e. The van der Waals surface area contributed by atoms with Crippen LogP contribution in [0, 0.1) is 34.5 Å². The van der Waals surface area contributed by atoms with Crippen molar-refractivity contribution in [2.24, 2.45) is 34.5 Å². The lowest BCUT2D eigenvalue weighted by Gasteiger charge is -2.61. The van der Waals surface area contributed by atoms with E-state index < -0.39 is 5.60 Å². The van der Waals surface area contributed by atoms with E-state index in [2.05, 4.69) is 13.8 Å². The van der Waals surface area contributed by atoms with Crippen LogP contribution in [0.1, 0.15) is 91.9 Å². The Morgan fingerprint density at radius 3 is 2.35 bits per heavy atom. The summed E-state index contributed by atoms with van der Waals surface area (Å²) in [6.45, 7) is 8.11. The van der Waals surface area contributed by atoms with Gasteiger partial charge in [0.05, 0.1) is 0 Å². The highest BCUT2D eigenvalue weighted by atomic mass is 16.6. The van der Waals surface area contributed by atoms with Crippen LogP contribution in [0.15, 0.2) is 0 Å². The van der Waals surface area contributed by atoms with E-state index in [-0.39, 0.29) is 11.8 Å². The van der Waals surface area contributed by atoms with E-state index in [0.717, 1.165) is 37.0 Å². The Balaban J connectivity index is 1.59. The van der Waals surface area contributed by atoms with E-state index in [0.29, 0.717) is 16.7 Å². The lowest BCUT2D eigenvalue weighted by Crippen LogP contribution is -2.57. The van der Waals surface area contributed by atoms with Gasteiger partial charge >= 0.3 is 5.97 Å². The minimum Gasteiger partial charge on any atom is -0.451 e. The number of Topliss-reactive ketones (excluding diaryl/α,β-unsaturated/α-hetero) is 1. The fourth-order valence-electron chi connectivity index (χ4n) is 7.98. The lowest BCUT2D eigenvalue weighted by molar-refractivity contribution is -0.186. The standard InChI is InChI=1S/C23H36O3/c1-15(24)23(26-16(2)25)13-12-22(4)17(14-23)7-8-18-19-6-5-10-21(19,3)11-9-20(18)22/h17-20H,5-14H2,1-4H3/t17-,18+,19+,20+,21-,22-,23+/m0/s1. The van der Waals surface area contributed by atoms with Crippen LogP contribution in [0.2, 0.25) is 0 Å². The van der Waals surface area contributed by atoms with Gasteiger partial charge in [0.15, 0.2) is 11.4 Å². The van der Waals surface area contributed by atoms with Crippen molar-refractivity contribution in [1.29, 1.82) is 0 Å². The van der Waals surface area contributed by atoms with Crippen LogP contribution >= 0.6 is 0 Å². The SMILES string of the molecule is CC(=O)O[C@]1(C(C)=O)CC[C@@]2(C)[C@@H](CC[C@@H]3[C@H]4CCC[C@@]4(C)CC[C@H]32)C1. The van der Waals surface area contributed by atoms with Gasteiger partial charge in [-0.25, -0.2) is 0 Å². The van der Waals surface area contributed by atoms with Gasteiger partial charge < -0.3 is 4.74 Å². The highest BCUT2D eigenvalue weighted by Crippen LogP contribution is 2.67. The van der Waals surface area contributed by atoms with Crippen molar-refractivity contribution in [3.05, 3.63) is 0 Å². The topological polar surface area (TPSA) is 43.4 Å². The van der Waals surface area contributed by atoms with Crippen LogP contribution in [-0.2, 0) is 14.3 Å². The first-order valence-corrected chi connectivity index (χ1v) is 10.9. The Hall–Kier alpha value is -0.860. The largest absolute Gasteiger partial charge is 0.451 e. The zero-order valence-electron chi connectivity index (χ0n) is 17.1. The predicted molar refractivity (Wildman–Crippen MR) is 102 cm³/mol. The molecular weight excluding hydrogens is 324 g/mol. The summed E-state index contributed by atoms with van der Waals surface area (Å²) in [7, 11) is 0. The van der Waals surface area contributed by atoms with Gasteiger partial charge in [-0.15, -0.1) is 0 Å². The molecule has 4 fully saturated rings. The molecule has 0 unspecified atom stereocenters. The Morgan fingerprint density at radius 2 is 1.65 bits per heavy atom. The molecule has 146 valence electrons. The fraction of sp³-hybridized carbons (Fsp3) is 0.913. The first-order valence-electron chi connectivity index (χ1n) is 10.9. The third-order valence-corrected chi connectivity index (χ3v) is 9.47. The Morgan fingerprint density at radius 1 is 0.885 bits per heavy atom. The van der Waals surface area contributed by atoms with E-state index in [1.807, 2.05) is 0 Å². The number of fused-ring (bicyclic) bond motifs is 5. The molecule has 0 heterocycles. The molecular formula is C23H36O3. The molecule has 3 heteroatoms. The molecule has 0 radical (unpaired) electrons. The summed E-state index contributed by atoms with van der Waals surface area (Å²) in [5.41, 5.74) is 0.0746. The summed E-state index contributed by atoms with van der Waals surface area (Å²) >= 11 is 0. The second-order valence-corrected chi connectivity index (χ2v) is 10.6. The van der Waals surface area contributed by atoms with Crippen LogP contribution in [0.25, 0.3) is 0 Å². The molecule has 0 aromatic carbocycles. The number of carbonyl (C=O) groups is 2. The minimum atomic E-state index is -0.848. The summed E-state index contributed by atoms with van der Waals surface area (Å²) < 4.78 is 5.67. The van der Waals surface area contributed by atoms with Gasteiger partial charge in [-0.2, -0.15) is 0 Å². The van der Waals surface area contributed by atoms with E-state index in [9.17, 15) is 9.59 Å². The molecule has 0 amide bonds. The highest BCUT2D eigenvalue weighted by molar-refractivity contribution is 5.87. The van der Waals surface area contributed by atoms with Crippen LogP contribution in [0.4, 0.5) is 0 Å². The van der Waals surface area contributed by atoms with Crippen LogP contribution < -0.4 is 0 Å². The lowest BCUT2D eigenvalue weighted by atomic mass is 9.44. The quantitative estimate of drug-likeness (QED) is 0.627. The van der Waals surface area contributed by atoms with Gasteiger partial charge in [-0.1, -0.05) is 20.3 Å². The smallest absolute Gasteiger partial charge is 0.303 e.